The topological polar surface area (TPSA) is 102 Å². The molecule has 3 rings (SSSR count). The number of carbonyl (C=O) groups excluding carboxylic acids is 2. The van der Waals surface area contributed by atoms with Crippen LogP contribution < -0.4 is 10.0 Å². The first-order valence-corrected chi connectivity index (χ1v) is 11.9. The second-order valence-corrected chi connectivity index (χ2v) is 9.26. The molecule has 172 valence electrons. The van der Waals surface area contributed by atoms with Gasteiger partial charge in [0.1, 0.15) is 0 Å². The van der Waals surface area contributed by atoms with Crippen LogP contribution in [0, 0.1) is 20.8 Å². The van der Waals surface area contributed by atoms with Crippen molar-refractivity contribution in [2.24, 2.45) is 0 Å². The van der Waals surface area contributed by atoms with Crippen LogP contribution in [0.4, 0.5) is 11.4 Å². The molecule has 0 aromatic heterocycles. The molecule has 0 spiro atoms. The van der Waals surface area contributed by atoms with Crippen molar-refractivity contribution in [1.29, 1.82) is 0 Å². The number of esters is 1. The van der Waals surface area contributed by atoms with E-state index >= 15 is 0 Å². The normalized spacial score (nSPS) is 11.0. The van der Waals surface area contributed by atoms with Crippen molar-refractivity contribution < 1.29 is 22.7 Å². The van der Waals surface area contributed by atoms with E-state index < -0.39 is 21.9 Å². The number of nitrogens with one attached hydrogen (secondary N) is 2. The van der Waals surface area contributed by atoms with Gasteiger partial charge in [-0.2, -0.15) is 0 Å². The Bertz CT molecular complexity index is 1320. The first-order valence-electron chi connectivity index (χ1n) is 10.4. The third-order valence-electron chi connectivity index (χ3n) is 5.11. The number of rotatable bonds is 7. The van der Waals surface area contributed by atoms with Gasteiger partial charge in [-0.1, -0.05) is 24.3 Å². The molecular formula is C25H26N2O5S. The summed E-state index contributed by atoms with van der Waals surface area (Å²) in [6, 6.07) is 16.4. The summed E-state index contributed by atoms with van der Waals surface area (Å²) in [7, 11) is -3.91. The van der Waals surface area contributed by atoms with Crippen LogP contribution in [0.25, 0.3) is 0 Å². The quantitative estimate of drug-likeness (QED) is 0.485. The summed E-state index contributed by atoms with van der Waals surface area (Å²) in [5, 5.41) is 2.78. The molecule has 0 fully saturated rings. The molecule has 0 bridgehead atoms. The molecule has 8 heteroatoms. The minimum atomic E-state index is -3.91. The van der Waals surface area contributed by atoms with Crippen LogP contribution in [0.3, 0.4) is 0 Å². The second kappa shape index (κ2) is 9.87. The molecule has 3 aromatic rings. The molecular weight excluding hydrogens is 440 g/mol. The smallest absolute Gasteiger partial charge is 0.338 e. The van der Waals surface area contributed by atoms with Gasteiger partial charge >= 0.3 is 5.97 Å². The van der Waals surface area contributed by atoms with E-state index in [1.54, 1.807) is 63.2 Å². The lowest BCUT2D eigenvalue weighted by Crippen LogP contribution is -2.18. The number of hydrogen-bond acceptors (Lipinski definition) is 5. The van der Waals surface area contributed by atoms with Crippen LogP contribution in [0.15, 0.2) is 65.6 Å². The monoisotopic (exact) mass is 466 g/mol. The maximum atomic E-state index is 13.0. The van der Waals surface area contributed by atoms with Crippen LogP contribution in [-0.2, 0) is 14.8 Å². The minimum Gasteiger partial charge on any atom is -0.462 e. The fourth-order valence-corrected chi connectivity index (χ4v) is 4.66. The van der Waals surface area contributed by atoms with Gasteiger partial charge in [-0.25, -0.2) is 13.2 Å². The molecule has 3 aromatic carbocycles. The van der Waals surface area contributed by atoms with Crippen LogP contribution in [0.2, 0.25) is 0 Å². The number of aryl methyl sites for hydroxylation is 3. The van der Waals surface area contributed by atoms with Crippen LogP contribution >= 0.6 is 0 Å². The van der Waals surface area contributed by atoms with E-state index in [-0.39, 0.29) is 17.1 Å². The molecule has 1 amide bonds. The summed E-state index contributed by atoms with van der Waals surface area (Å²) < 4.78 is 33.6. The third-order valence-corrected chi connectivity index (χ3v) is 6.62. The van der Waals surface area contributed by atoms with Gasteiger partial charge in [-0.15, -0.1) is 0 Å². The number of hydrogen-bond donors (Lipinski definition) is 2. The number of carbonyl (C=O) groups is 2. The molecule has 0 saturated carbocycles. The van der Waals surface area contributed by atoms with Crippen molar-refractivity contribution in [2.75, 3.05) is 16.6 Å². The summed E-state index contributed by atoms with van der Waals surface area (Å²) in [6.45, 7) is 7.24. The van der Waals surface area contributed by atoms with E-state index in [0.29, 0.717) is 28.1 Å². The molecule has 0 aliphatic carbocycles. The Kier molecular flexibility index (Phi) is 7.18. The Balaban J connectivity index is 1.85. The fraction of sp³-hybridized carbons (Fsp3) is 0.200. The Morgan fingerprint density at radius 1 is 0.818 bits per heavy atom. The Morgan fingerprint density at radius 2 is 1.52 bits per heavy atom. The van der Waals surface area contributed by atoms with E-state index in [4.69, 9.17) is 4.74 Å². The van der Waals surface area contributed by atoms with Crippen LogP contribution in [-0.4, -0.2) is 26.9 Å². The predicted molar refractivity (Wildman–Crippen MR) is 128 cm³/mol. The second-order valence-electron chi connectivity index (χ2n) is 7.60. The van der Waals surface area contributed by atoms with E-state index in [9.17, 15) is 18.0 Å². The van der Waals surface area contributed by atoms with Gasteiger partial charge in [0.15, 0.2) is 0 Å². The van der Waals surface area contributed by atoms with E-state index in [1.165, 1.54) is 6.07 Å². The van der Waals surface area contributed by atoms with Gasteiger partial charge in [0.2, 0.25) is 0 Å². The number of ether oxygens (including phenoxy) is 1. The van der Waals surface area contributed by atoms with Crippen molar-refractivity contribution >= 4 is 33.3 Å². The average molecular weight is 467 g/mol. The van der Waals surface area contributed by atoms with Gasteiger partial charge in [-0.3, -0.25) is 9.52 Å². The molecule has 0 aliphatic heterocycles. The Labute approximate surface area is 193 Å². The zero-order valence-electron chi connectivity index (χ0n) is 18.9. The first kappa shape index (κ1) is 24.0. The van der Waals surface area contributed by atoms with Gasteiger partial charge in [0, 0.05) is 11.3 Å². The fourth-order valence-electron chi connectivity index (χ4n) is 3.26. The average Bonchev–Trinajstić information content (AvgIpc) is 2.77. The highest BCUT2D eigenvalue weighted by Gasteiger charge is 2.20. The standard InChI is InChI=1S/C25H26N2O5S/c1-5-32-25(29)20-12-13-21(18(4)14-20)26-24(28)19-11-10-17(3)23(15-19)33(30,31)27-22-9-7-6-8-16(22)2/h6-15,27H,5H2,1-4H3,(H,26,28). The first-order chi connectivity index (χ1) is 15.6. The maximum Gasteiger partial charge on any atom is 0.338 e. The number of sulfonamides is 1. The lowest BCUT2D eigenvalue weighted by molar-refractivity contribution is 0.0526. The van der Waals surface area contributed by atoms with Gasteiger partial charge in [0.05, 0.1) is 22.8 Å². The molecule has 0 radical (unpaired) electrons. The molecule has 0 heterocycles. The molecule has 0 atom stereocenters. The SMILES string of the molecule is CCOC(=O)c1ccc(NC(=O)c2ccc(C)c(S(=O)(=O)Nc3ccccc3C)c2)c(C)c1. The summed E-state index contributed by atoms with van der Waals surface area (Å²) in [6.07, 6.45) is 0. The zero-order valence-corrected chi connectivity index (χ0v) is 19.7. The third kappa shape index (κ3) is 5.59. The summed E-state index contributed by atoms with van der Waals surface area (Å²) in [5.41, 5.74) is 3.55. The number of anilines is 2. The molecule has 0 unspecified atom stereocenters. The van der Waals surface area contributed by atoms with Crippen molar-refractivity contribution in [3.63, 3.8) is 0 Å². The van der Waals surface area contributed by atoms with Crippen LogP contribution in [0.1, 0.15) is 44.3 Å². The maximum absolute atomic E-state index is 13.0. The highest BCUT2D eigenvalue weighted by molar-refractivity contribution is 7.92. The number of benzene rings is 3. The van der Waals surface area contributed by atoms with E-state index in [0.717, 1.165) is 5.56 Å². The molecule has 2 N–H and O–H groups in total. The lowest BCUT2D eigenvalue weighted by atomic mass is 10.1. The van der Waals surface area contributed by atoms with Crippen LogP contribution in [0.5, 0.6) is 0 Å². The highest BCUT2D eigenvalue weighted by Crippen LogP contribution is 2.24. The van der Waals surface area contributed by atoms with Gasteiger partial charge in [0.25, 0.3) is 15.9 Å². The van der Waals surface area contributed by atoms with Gasteiger partial charge < -0.3 is 10.1 Å². The van der Waals surface area contributed by atoms with Crippen molar-refractivity contribution in [3.8, 4) is 0 Å². The minimum absolute atomic E-state index is 0.0211. The van der Waals surface area contributed by atoms with E-state index in [2.05, 4.69) is 10.0 Å². The lowest BCUT2D eigenvalue weighted by Gasteiger charge is -2.14. The highest BCUT2D eigenvalue weighted by atomic mass is 32.2. The van der Waals surface area contributed by atoms with Crippen molar-refractivity contribution in [1.82, 2.24) is 0 Å². The number of para-hydroxylation sites is 1. The summed E-state index contributed by atoms with van der Waals surface area (Å²) in [5.74, 6) is -0.901. The van der Waals surface area contributed by atoms with Crippen molar-refractivity contribution in [2.45, 2.75) is 32.6 Å². The zero-order chi connectivity index (χ0) is 24.2. The molecule has 0 aliphatic rings. The number of amides is 1. The Morgan fingerprint density at radius 3 is 2.18 bits per heavy atom. The predicted octanol–water partition coefficient (Wildman–Crippen LogP) is 4.84. The largest absolute Gasteiger partial charge is 0.462 e. The van der Waals surface area contributed by atoms with Gasteiger partial charge in [-0.05, 0) is 80.8 Å². The summed E-state index contributed by atoms with van der Waals surface area (Å²) in [4.78, 5) is 24.8. The van der Waals surface area contributed by atoms with Crippen molar-refractivity contribution in [3.05, 3.63) is 88.5 Å². The summed E-state index contributed by atoms with van der Waals surface area (Å²) >= 11 is 0. The molecule has 33 heavy (non-hydrogen) atoms. The Hall–Kier alpha value is -3.65. The molecule has 0 saturated heterocycles. The molecule has 7 nitrogen and oxygen atoms in total. The van der Waals surface area contributed by atoms with E-state index in [1.807, 2.05) is 19.1 Å².